The van der Waals surface area contributed by atoms with E-state index >= 15 is 0 Å². The number of allylic oxidation sites excluding steroid dienone is 2. The SMILES string of the molecule is CCCCC=CCCCOP(=O)(O)O. The molecule has 0 aromatic heterocycles. The first kappa shape index (κ1) is 13.8. The van der Waals surface area contributed by atoms with Gasteiger partial charge in [0.1, 0.15) is 0 Å². The third kappa shape index (κ3) is 11.8. The van der Waals surface area contributed by atoms with Gasteiger partial charge in [-0.05, 0) is 19.3 Å². The van der Waals surface area contributed by atoms with E-state index in [2.05, 4.69) is 17.5 Å². The van der Waals surface area contributed by atoms with Gasteiger partial charge in [0.2, 0.25) is 0 Å². The lowest BCUT2D eigenvalue weighted by atomic mass is 10.2. The van der Waals surface area contributed by atoms with Crippen LogP contribution in [0.1, 0.15) is 39.0 Å². The van der Waals surface area contributed by atoms with E-state index in [1.165, 1.54) is 12.8 Å². The maximum atomic E-state index is 10.3. The molecule has 2 N–H and O–H groups in total. The van der Waals surface area contributed by atoms with Gasteiger partial charge in [0.15, 0.2) is 0 Å². The lowest BCUT2D eigenvalue weighted by Crippen LogP contribution is -1.90. The van der Waals surface area contributed by atoms with Gasteiger partial charge in [-0.2, -0.15) is 0 Å². The van der Waals surface area contributed by atoms with E-state index in [1.54, 1.807) is 0 Å². The van der Waals surface area contributed by atoms with Crippen molar-refractivity contribution in [2.75, 3.05) is 6.61 Å². The molecule has 0 aliphatic carbocycles. The minimum atomic E-state index is -4.26. The van der Waals surface area contributed by atoms with Crippen molar-refractivity contribution in [3.8, 4) is 0 Å². The third-order valence-corrected chi connectivity index (χ3v) is 2.18. The Hall–Kier alpha value is -0.150. The average Bonchev–Trinajstić information content (AvgIpc) is 2.08. The van der Waals surface area contributed by atoms with Crippen molar-refractivity contribution >= 4 is 7.82 Å². The zero-order valence-corrected chi connectivity index (χ0v) is 9.45. The summed E-state index contributed by atoms with van der Waals surface area (Å²) in [6.07, 6.45) is 9.04. The highest BCUT2D eigenvalue weighted by molar-refractivity contribution is 7.46. The molecule has 0 aliphatic heterocycles. The van der Waals surface area contributed by atoms with Crippen LogP contribution < -0.4 is 0 Å². The highest BCUT2D eigenvalue weighted by atomic mass is 31.2. The van der Waals surface area contributed by atoms with Crippen molar-refractivity contribution in [3.63, 3.8) is 0 Å². The lowest BCUT2D eigenvalue weighted by molar-refractivity contribution is 0.195. The Labute approximate surface area is 85.2 Å². The predicted octanol–water partition coefficient (Wildman–Crippen LogP) is 2.62. The fourth-order valence-corrected chi connectivity index (χ4v) is 1.31. The van der Waals surface area contributed by atoms with Crippen LogP contribution in [0.4, 0.5) is 0 Å². The van der Waals surface area contributed by atoms with Gasteiger partial charge >= 0.3 is 7.82 Å². The Morgan fingerprint density at radius 2 is 1.79 bits per heavy atom. The molecule has 0 saturated heterocycles. The van der Waals surface area contributed by atoms with Crippen LogP contribution in [0.5, 0.6) is 0 Å². The maximum absolute atomic E-state index is 10.3. The van der Waals surface area contributed by atoms with Gasteiger partial charge in [0.05, 0.1) is 6.61 Å². The minimum absolute atomic E-state index is 0.113. The zero-order valence-electron chi connectivity index (χ0n) is 8.56. The quantitative estimate of drug-likeness (QED) is 0.376. The van der Waals surface area contributed by atoms with E-state index in [0.29, 0.717) is 6.42 Å². The lowest BCUT2D eigenvalue weighted by Gasteiger charge is -2.02. The molecule has 0 saturated carbocycles. The topological polar surface area (TPSA) is 66.8 Å². The summed E-state index contributed by atoms with van der Waals surface area (Å²) in [5.74, 6) is 0. The molecule has 0 heterocycles. The molecule has 0 unspecified atom stereocenters. The smallest absolute Gasteiger partial charge is 0.303 e. The van der Waals surface area contributed by atoms with Crippen molar-refractivity contribution in [1.82, 2.24) is 0 Å². The Morgan fingerprint density at radius 1 is 1.21 bits per heavy atom. The van der Waals surface area contributed by atoms with Gasteiger partial charge in [-0.25, -0.2) is 4.57 Å². The number of phosphoric acid groups is 1. The van der Waals surface area contributed by atoms with Gasteiger partial charge in [-0.1, -0.05) is 31.9 Å². The first-order chi connectivity index (χ1) is 6.56. The van der Waals surface area contributed by atoms with Crippen LogP contribution in [0, 0.1) is 0 Å². The molecule has 0 aromatic carbocycles. The Balaban J connectivity index is 3.21. The van der Waals surface area contributed by atoms with Crippen LogP contribution >= 0.6 is 7.82 Å². The highest BCUT2D eigenvalue weighted by Gasteiger charge is 2.11. The second-order valence-corrected chi connectivity index (χ2v) is 4.32. The summed E-state index contributed by atoms with van der Waals surface area (Å²) in [5.41, 5.74) is 0. The molecule has 0 spiro atoms. The summed E-state index contributed by atoms with van der Waals surface area (Å²) in [6, 6.07) is 0. The van der Waals surface area contributed by atoms with E-state index in [-0.39, 0.29) is 6.61 Å². The van der Waals surface area contributed by atoms with Crippen molar-refractivity contribution in [3.05, 3.63) is 12.2 Å². The van der Waals surface area contributed by atoms with E-state index < -0.39 is 7.82 Å². The van der Waals surface area contributed by atoms with Crippen LogP contribution in [0.25, 0.3) is 0 Å². The second kappa shape index (κ2) is 8.18. The summed E-state index contributed by atoms with van der Waals surface area (Å²) in [6.45, 7) is 2.25. The summed E-state index contributed by atoms with van der Waals surface area (Å²) < 4.78 is 14.5. The predicted molar refractivity (Wildman–Crippen MR) is 55.9 cm³/mol. The number of hydrogen-bond acceptors (Lipinski definition) is 2. The summed E-state index contributed by atoms with van der Waals surface area (Å²) in [7, 11) is -4.26. The molecule has 0 atom stereocenters. The largest absolute Gasteiger partial charge is 0.469 e. The van der Waals surface area contributed by atoms with Crippen LogP contribution in [0.3, 0.4) is 0 Å². The molecule has 0 aromatic rings. The van der Waals surface area contributed by atoms with E-state index in [0.717, 1.165) is 12.8 Å². The van der Waals surface area contributed by atoms with Crippen molar-refractivity contribution in [1.29, 1.82) is 0 Å². The van der Waals surface area contributed by atoms with Crippen LogP contribution in [-0.4, -0.2) is 16.4 Å². The monoisotopic (exact) mass is 222 g/mol. The van der Waals surface area contributed by atoms with Gasteiger partial charge in [0, 0.05) is 0 Å². The summed E-state index contributed by atoms with van der Waals surface area (Å²) >= 11 is 0. The molecular weight excluding hydrogens is 203 g/mol. The number of unbranched alkanes of at least 4 members (excludes halogenated alkanes) is 3. The molecular formula is C9H19O4P. The molecule has 0 aliphatic rings. The van der Waals surface area contributed by atoms with Crippen molar-refractivity contribution < 1.29 is 18.9 Å². The standard InChI is InChI=1S/C9H19O4P/c1-2-3-4-5-6-7-8-9-13-14(10,11)12/h5-6H,2-4,7-9H2,1H3,(H2,10,11,12). The Kier molecular flexibility index (Phi) is 8.09. The van der Waals surface area contributed by atoms with E-state index in [9.17, 15) is 4.57 Å². The van der Waals surface area contributed by atoms with Crippen molar-refractivity contribution in [2.24, 2.45) is 0 Å². The molecule has 14 heavy (non-hydrogen) atoms. The van der Waals surface area contributed by atoms with Crippen LogP contribution in [0.2, 0.25) is 0 Å². The van der Waals surface area contributed by atoms with Crippen LogP contribution in [-0.2, 0) is 9.09 Å². The fraction of sp³-hybridized carbons (Fsp3) is 0.778. The van der Waals surface area contributed by atoms with Gasteiger partial charge < -0.3 is 9.79 Å². The molecule has 0 bridgehead atoms. The molecule has 0 fully saturated rings. The molecule has 4 nitrogen and oxygen atoms in total. The fourth-order valence-electron chi connectivity index (χ4n) is 0.942. The molecule has 0 rings (SSSR count). The van der Waals surface area contributed by atoms with Gasteiger partial charge in [-0.3, -0.25) is 4.52 Å². The number of hydrogen-bond donors (Lipinski definition) is 2. The summed E-state index contributed by atoms with van der Waals surface area (Å²) in [5, 5.41) is 0. The average molecular weight is 222 g/mol. The Bertz CT molecular complexity index is 197. The molecule has 5 heteroatoms. The molecule has 84 valence electrons. The van der Waals surface area contributed by atoms with Gasteiger partial charge in [-0.15, -0.1) is 0 Å². The van der Waals surface area contributed by atoms with Crippen molar-refractivity contribution in [2.45, 2.75) is 39.0 Å². The van der Waals surface area contributed by atoms with Gasteiger partial charge in [0.25, 0.3) is 0 Å². The molecule has 0 radical (unpaired) electrons. The maximum Gasteiger partial charge on any atom is 0.469 e. The third-order valence-electron chi connectivity index (χ3n) is 1.67. The number of phosphoric ester groups is 1. The highest BCUT2D eigenvalue weighted by Crippen LogP contribution is 2.35. The normalized spacial score (nSPS) is 12.5. The zero-order chi connectivity index (χ0) is 10.9. The van der Waals surface area contributed by atoms with Crippen LogP contribution in [0.15, 0.2) is 12.2 Å². The molecule has 0 amide bonds. The first-order valence-electron chi connectivity index (χ1n) is 4.91. The first-order valence-corrected chi connectivity index (χ1v) is 6.44. The summed E-state index contributed by atoms with van der Waals surface area (Å²) in [4.78, 5) is 16.7. The van der Waals surface area contributed by atoms with E-state index in [4.69, 9.17) is 9.79 Å². The van der Waals surface area contributed by atoms with E-state index in [1.807, 2.05) is 6.08 Å². The second-order valence-electron chi connectivity index (χ2n) is 3.08. The number of rotatable bonds is 8. The minimum Gasteiger partial charge on any atom is -0.303 e. The Morgan fingerprint density at radius 3 is 2.29 bits per heavy atom.